The number of nitrogens with zero attached hydrogens (tertiary/aromatic N) is 2. The third-order valence-electron chi connectivity index (χ3n) is 3.65. The van der Waals surface area contributed by atoms with Gasteiger partial charge >= 0.3 is 6.18 Å². The zero-order valence-corrected chi connectivity index (χ0v) is 13.0. The molecule has 1 atom stereocenters. The van der Waals surface area contributed by atoms with E-state index in [2.05, 4.69) is 9.88 Å². The Kier molecular flexibility index (Phi) is 5.32. The van der Waals surface area contributed by atoms with E-state index >= 15 is 0 Å². The van der Waals surface area contributed by atoms with E-state index in [1.165, 1.54) is 11.3 Å². The van der Waals surface area contributed by atoms with Crippen LogP contribution in [0, 0.1) is 11.3 Å². The third kappa shape index (κ3) is 3.99. The van der Waals surface area contributed by atoms with Crippen molar-refractivity contribution in [1.82, 2.24) is 9.88 Å². The van der Waals surface area contributed by atoms with Gasteiger partial charge in [0.15, 0.2) is 5.13 Å². The van der Waals surface area contributed by atoms with Crippen LogP contribution in [0.5, 0.6) is 0 Å². The summed E-state index contributed by atoms with van der Waals surface area (Å²) in [5.41, 5.74) is 4.80. The predicted octanol–water partition coefficient (Wildman–Crippen LogP) is 3.56. The lowest BCUT2D eigenvalue weighted by atomic mass is 9.73. The minimum atomic E-state index is -4.11. The molecule has 1 saturated heterocycles. The lowest BCUT2D eigenvalue weighted by Crippen LogP contribution is -2.50. The number of anilines is 1. The molecule has 1 fully saturated rings. The van der Waals surface area contributed by atoms with Gasteiger partial charge in [-0.15, -0.1) is 23.7 Å². The topological polar surface area (TPSA) is 42.2 Å². The number of likely N-dealkylation sites (tertiary alicyclic amines) is 1. The molecule has 0 aliphatic carbocycles. The Morgan fingerprint density at radius 3 is 2.60 bits per heavy atom. The lowest BCUT2D eigenvalue weighted by Gasteiger charge is -2.44. The molecule has 20 heavy (non-hydrogen) atoms. The second-order valence-corrected chi connectivity index (χ2v) is 6.89. The Hall–Kier alpha value is -0.530. The molecule has 2 N–H and O–H groups in total. The maximum Gasteiger partial charge on any atom is 0.392 e. The SMILES string of the molecule is CC1(C)CN(Cc2cnc(N)s2)CCC1C(F)(F)F.Cl. The molecule has 0 spiro atoms. The van der Waals surface area contributed by atoms with E-state index < -0.39 is 17.5 Å². The number of rotatable bonds is 2. The summed E-state index contributed by atoms with van der Waals surface area (Å²) in [5.74, 6) is -1.22. The van der Waals surface area contributed by atoms with Gasteiger partial charge in [0.05, 0.1) is 5.92 Å². The summed E-state index contributed by atoms with van der Waals surface area (Å²) in [6, 6.07) is 0. The molecule has 1 aliphatic heterocycles. The highest BCUT2D eigenvalue weighted by Gasteiger charge is 2.51. The van der Waals surface area contributed by atoms with Crippen molar-refractivity contribution in [3.8, 4) is 0 Å². The highest BCUT2D eigenvalue weighted by molar-refractivity contribution is 7.15. The van der Waals surface area contributed by atoms with Gasteiger partial charge in [-0.05, 0) is 18.4 Å². The first-order valence-corrected chi connectivity index (χ1v) is 6.99. The molecule has 0 bridgehead atoms. The van der Waals surface area contributed by atoms with Gasteiger partial charge in [0.25, 0.3) is 0 Å². The number of aromatic nitrogens is 1. The van der Waals surface area contributed by atoms with Crippen LogP contribution >= 0.6 is 23.7 Å². The van der Waals surface area contributed by atoms with E-state index in [4.69, 9.17) is 5.73 Å². The molecule has 0 saturated carbocycles. The van der Waals surface area contributed by atoms with Crippen LogP contribution < -0.4 is 5.73 Å². The number of alkyl halides is 3. The second kappa shape index (κ2) is 6.07. The maximum atomic E-state index is 13.0. The highest BCUT2D eigenvalue weighted by Crippen LogP contribution is 2.45. The Labute approximate surface area is 126 Å². The summed E-state index contributed by atoms with van der Waals surface area (Å²) in [6.45, 7) is 4.92. The first kappa shape index (κ1) is 17.5. The van der Waals surface area contributed by atoms with Crippen molar-refractivity contribution in [2.75, 3.05) is 18.8 Å². The summed E-state index contributed by atoms with van der Waals surface area (Å²) in [6.07, 6.45) is -2.25. The van der Waals surface area contributed by atoms with Gasteiger partial charge in [-0.1, -0.05) is 13.8 Å². The van der Waals surface area contributed by atoms with Crippen LogP contribution in [0.15, 0.2) is 6.20 Å². The van der Waals surface area contributed by atoms with Crippen LogP contribution in [-0.2, 0) is 6.54 Å². The van der Waals surface area contributed by atoms with Gasteiger partial charge in [-0.25, -0.2) is 4.98 Å². The van der Waals surface area contributed by atoms with Crippen LogP contribution in [0.3, 0.4) is 0 Å². The monoisotopic (exact) mass is 329 g/mol. The number of hydrogen-bond acceptors (Lipinski definition) is 4. The molecular formula is C12H19ClF3N3S. The molecule has 8 heteroatoms. The summed E-state index contributed by atoms with van der Waals surface area (Å²) < 4.78 is 38.9. The van der Waals surface area contributed by atoms with Crippen molar-refractivity contribution in [1.29, 1.82) is 0 Å². The van der Waals surface area contributed by atoms with E-state index in [9.17, 15) is 13.2 Å². The largest absolute Gasteiger partial charge is 0.392 e. The average molecular weight is 330 g/mol. The molecule has 0 aromatic carbocycles. The maximum absolute atomic E-state index is 13.0. The molecule has 1 aromatic heterocycles. The van der Waals surface area contributed by atoms with Gasteiger partial charge in [0.2, 0.25) is 0 Å². The van der Waals surface area contributed by atoms with Crippen LogP contribution in [0.4, 0.5) is 18.3 Å². The molecule has 116 valence electrons. The van der Waals surface area contributed by atoms with Crippen molar-refractivity contribution in [2.45, 2.75) is 33.0 Å². The molecular weight excluding hydrogens is 311 g/mol. The molecule has 0 amide bonds. The fourth-order valence-corrected chi connectivity index (χ4v) is 3.55. The number of halogens is 4. The second-order valence-electron chi connectivity index (χ2n) is 5.75. The Morgan fingerprint density at radius 1 is 1.50 bits per heavy atom. The summed E-state index contributed by atoms with van der Waals surface area (Å²) in [5, 5.41) is 0.499. The Bertz CT molecular complexity index is 447. The Balaban J connectivity index is 0.00000200. The standard InChI is InChI=1S/C12H18F3N3S.ClH/c1-11(2)7-18(4-3-9(11)12(13,14)15)6-8-5-17-10(16)19-8;/h5,9H,3-4,6-7H2,1-2H3,(H2,16,17);1H. The molecule has 2 rings (SSSR count). The minimum Gasteiger partial charge on any atom is -0.375 e. The zero-order chi connectivity index (χ0) is 14.3. The van der Waals surface area contributed by atoms with Gasteiger partial charge < -0.3 is 5.73 Å². The number of nitrogen functional groups attached to an aromatic ring is 1. The minimum absolute atomic E-state index is 0. The quantitative estimate of drug-likeness (QED) is 0.902. The van der Waals surface area contributed by atoms with Crippen molar-refractivity contribution in [2.24, 2.45) is 11.3 Å². The van der Waals surface area contributed by atoms with Gasteiger partial charge in [-0.2, -0.15) is 13.2 Å². The van der Waals surface area contributed by atoms with Crippen LogP contribution in [0.25, 0.3) is 0 Å². The van der Waals surface area contributed by atoms with E-state index in [1.54, 1.807) is 20.0 Å². The summed E-state index contributed by atoms with van der Waals surface area (Å²) in [7, 11) is 0. The fourth-order valence-electron chi connectivity index (χ4n) is 2.83. The van der Waals surface area contributed by atoms with Crippen molar-refractivity contribution < 1.29 is 13.2 Å². The van der Waals surface area contributed by atoms with Crippen molar-refractivity contribution in [3.05, 3.63) is 11.1 Å². The number of piperidine rings is 1. The molecule has 1 unspecified atom stereocenters. The smallest absolute Gasteiger partial charge is 0.375 e. The first-order valence-electron chi connectivity index (χ1n) is 6.18. The molecule has 0 radical (unpaired) electrons. The molecule has 2 heterocycles. The van der Waals surface area contributed by atoms with Crippen LogP contribution in [0.2, 0.25) is 0 Å². The number of nitrogens with two attached hydrogens (primary N) is 1. The van der Waals surface area contributed by atoms with Crippen molar-refractivity contribution >= 4 is 28.9 Å². The first-order chi connectivity index (χ1) is 8.68. The molecule has 1 aliphatic rings. The molecule has 1 aromatic rings. The van der Waals surface area contributed by atoms with Crippen LogP contribution in [-0.4, -0.2) is 29.1 Å². The zero-order valence-electron chi connectivity index (χ0n) is 11.4. The molecule has 3 nitrogen and oxygen atoms in total. The summed E-state index contributed by atoms with van der Waals surface area (Å²) >= 11 is 1.39. The van der Waals surface area contributed by atoms with E-state index in [0.717, 1.165) is 4.88 Å². The van der Waals surface area contributed by atoms with Gasteiger partial charge in [0, 0.05) is 24.2 Å². The number of thiazole rings is 1. The van der Waals surface area contributed by atoms with E-state index in [-0.39, 0.29) is 18.8 Å². The average Bonchev–Trinajstić information content (AvgIpc) is 2.60. The van der Waals surface area contributed by atoms with E-state index in [0.29, 0.717) is 24.8 Å². The Morgan fingerprint density at radius 2 is 2.15 bits per heavy atom. The normalized spacial score (nSPS) is 23.4. The summed E-state index contributed by atoms with van der Waals surface area (Å²) in [4.78, 5) is 7.01. The van der Waals surface area contributed by atoms with Crippen LogP contribution in [0.1, 0.15) is 25.1 Å². The highest BCUT2D eigenvalue weighted by atomic mass is 35.5. The van der Waals surface area contributed by atoms with Crippen molar-refractivity contribution in [3.63, 3.8) is 0 Å². The fraction of sp³-hybridized carbons (Fsp3) is 0.750. The van der Waals surface area contributed by atoms with Gasteiger partial charge in [-0.3, -0.25) is 4.90 Å². The predicted molar refractivity (Wildman–Crippen MR) is 77.0 cm³/mol. The lowest BCUT2D eigenvalue weighted by molar-refractivity contribution is -0.217. The van der Waals surface area contributed by atoms with Gasteiger partial charge in [0.1, 0.15) is 0 Å². The van der Waals surface area contributed by atoms with E-state index in [1.807, 2.05) is 0 Å². The third-order valence-corrected chi connectivity index (χ3v) is 4.47. The number of hydrogen-bond donors (Lipinski definition) is 1.